The molecule has 9 heteroatoms. The van der Waals surface area contributed by atoms with Gasteiger partial charge in [0.2, 0.25) is 0 Å². The van der Waals surface area contributed by atoms with Crippen molar-refractivity contribution in [1.82, 2.24) is 5.23 Å². The Hall–Kier alpha value is -2.62. The summed E-state index contributed by atoms with van der Waals surface area (Å²) in [6, 6.07) is 11.1. The van der Waals surface area contributed by atoms with Crippen molar-refractivity contribution in [2.24, 2.45) is 0 Å². The molecule has 24 heavy (non-hydrogen) atoms. The highest BCUT2D eigenvalue weighted by Crippen LogP contribution is 2.19. The van der Waals surface area contributed by atoms with Crippen LogP contribution in [0.2, 0.25) is 0 Å². The predicted molar refractivity (Wildman–Crippen MR) is 82.2 cm³/mol. The fourth-order valence-corrected chi connectivity index (χ4v) is 2.59. The zero-order valence-corrected chi connectivity index (χ0v) is 13.7. The highest BCUT2D eigenvalue weighted by molar-refractivity contribution is 7.86. The average molecular weight is 353 g/mol. The van der Waals surface area contributed by atoms with Crippen LogP contribution in [0.4, 0.5) is 0 Å². The molecule has 128 valence electrons. The first kappa shape index (κ1) is 17.7. The Morgan fingerprint density at radius 2 is 1.62 bits per heavy atom. The van der Waals surface area contributed by atoms with Crippen molar-refractivity contribution in [3.8, 4) is 11.5 Å². The van der Waals surface area contributed by atoms with Crippen molar-refractivity contribution in [3.63, 3.8) is 0 Å². The van der Waals surface area contributed by atoms with Crippen LogP contribution in [0.25, 0.3) is 0 Å². The molecule has 0 bridgehead atoms. The fourth-order valence-electron chi connectivity index (χ4n) is 1.78. The van der Waals surface area contributed by atoms with Gasteiger partial charge < -0.3 is 9.47 Å². The van der Waals surface area contributed by atoms with Crippen LogP contribution in [-0.4, -0.2) is 39.0 Å². The maximum absolute atomic E-state index is 12.1. The number of methoxy groups -OCH3 is 2. The molecule has 0 aliphatic heterocycles. The standard InChI is InChI=1S/C15H15NO7S/c1-21-12-6-8-14(9-7-12)24(19,20)23-16(18)15(17)11-4-3-5-13(10-11)22-2/h3-10,18H,1-2H3. The maximum atomic E-state index is 12.1. The van der Waals surface area contributed by atoms with Gasteiger partial charge in [-0.05, 0) is 42.5 Å². The molecule has 2 aromatic carbocycles. The quantitative estimate of drug-likeness (QED) is 0.624. The van der Waals surface area contributed by atoms with E-state index in [1.807, 2.05) is 0 Å². The normalized spacial score (nSPS) is 11.0. The van der Waals surface area contributed by atoms with E-state index in [0.29, 0.717) is 11.5 Å². The van der Waals surface area contributed by atoms with Crippen LogP contribution >= 0.6 is 0 Å². The van der Waals surface area contributed by atoms with Crippen LogP contribution in [0.15, 0.2) is 53.4 Å². The van der Waals surface area contributed by atoms with Gasteiger partial charge in [-0.1, -0.05) is 11.3 Å². The van der Waals surface area contributed by atoms with E-state index < -0.39 is 16.0 Å². The molecular formula is C15H15NO7S. The minimum Gasteiger partial charge on any atom is -0.497 e. The first-order valence-electron chi connectivity index (χ1n) is 6.63. The summed E-state index contributed by atoms with van der Waals surface area (Å²) in [5.74, 6) is -0.250. The van der Waals surface area contributed by atoms with E-state index >= 15 is 0 Å². The Morgan fingerprint density at radius 1 is 1.00 bits per heavy atom. The molecule has 8 nitrogen and oxygen atoms in total. The van der Waals surface area contributed by atoms with Gasteiger partial charge in [-0.3, -0.25) is 10.0 Å². The van der Waals surface area contributed by atoms with E-state index in [-0.39, 0.29) is 15.7 Å². The molecule has 0 unspecified atom stereocenters. The summed E-state index contributed by atoms with van der Waals surface area (Å²) in [6.45, 7) is 0. The second-order valence-electron chi connectivity index (χ2n) is 4.51. The molecule has 1 amide bonds. The molecule has 1 N–H and O–H groups in total. The number of carbonyl (C=O) groups excluding carboxylic acids is 1. The first-order chi connectivity index (χ1) is 11.4. The molecule has 0 aliphatic carbocycles. The van der Waals surface area contributed by atoms with Gasteiger partial charge in [0.05, 0.1) is 19.1 Å². The van der Waals surface area contributed by atoms with Crippen molar-refractivity contribution < 1.29 is 32.2 Å². The van der Waals surface area contributed by atoms with E-state index in [0.717, 1.165) is 0 Å². The molecule has 0 aliphatic rings. The van der Waals surface area contributed by atoms with Crippen molar-refractivity contribution in [3.05, 3.63) is 54.1 Å². The van der Waals surface area contributed by atoms with Gasteiger partial charge in [-0.15, -0.1) is 4.28 Å². The number of amides is 1. The average Bonchev–Trinajstić information content (AvgIpc) is 2.60. The smallest absolute Gasteiger partial charge is 0.319 e. The fraction of sp³-hybridized carbons (Fsp3) is 0.133. The SMILES string of the molecule is COc1ccc(S(=O)(=O)ON(O)C(=O)c2cccc(OC)c2)cc1. The van der Waals surface area contributed by atoms with Crippen LogP contribution in [0.3, 0.4) is 0 Å². The number of benzene rings is 2. The Balaban J connectivity index is 2.16. The highest BCUT2D eigenvalue weighted by Gasteiger charge is 2.24. The third kappa shape index (κ3) is 4.02. The third-order valence-corrected chi connectivity index (χ3v) is 4.19. The van der Waals surface area contributed by atoms with Gasteiger partial charge in [0.25, 0.3) is 0 Å². The van der Waals surface area contributed by atoms with Gasteiger partial charge in [0.1, 0.15) is 11.5 Å². The summed E-state index contributed by atoms with van der Waals surface area (Å²) in [7, 11) is -1.54. The largest absolute Gasteiger partial charge is 0.497 e. The summed E-state index contributed by atoms with van der Waals surface area (Å²) < 4.78 is 38.4. The summed E-state index contributed by atoms with van der Waals surface area (Å²) in [5, 5.41) is 9.31. The summed E-state index contributed by atoms with van der Waals surface area (Å²) >= 11 is 0. The number of rotatable bonds is 6. The number of carbonyl (C=O) groups is 1. The van der Waals surface area contributed by atoms with Gasteiger partial charge in [-0.25, -0.2) is 0 Å². The number of nitrogens with zero attached hydrogens (tertiary/aromatic N) is 1. The van der Waals surface area contributed by atoms with E-state index in [4.69, 9.17) is 9.47 Å². The molecule has 2 aromatic rings. The molecule has 0 aromatic heterocycles. The molecule has 0 saturated carbocycles. The van der Waals surface area contributed by atoms with Crippen molar-refractivity contribution >= 4 is 16.0 Å². The molecule has 0 spiro atoms. The summed E-state index contributed by atoms with van der Waals surface area (Å²) in [6.07, 6.45) is 0. The summed E-state index contributed by atoms with van der Waals surface area (Å²) in [5.41, 5.74) is -0.0122. The van der Waals surface area contributed by atoms with Crippen molar-refractivity contribution in [2.45, 2.75) is 4.90 Å². The van der Waals surface area contributed by atoms with E-state index in [2.05, 4.69) is 4.28 Å². The van der Waals surface area contributed by atoms with E-state index in [1.165, 1.54) is 56.7 Å². The molecule has 0 radical (unpaired) electrons. The number of hydrogen-bond donors (Lipinski definition) is 1. The van der Waals surface area contributed by atoms with Gasteiger partial charge in [0, 0.05) is 5.56 Å². The third-order valence-electron chi connectivity index (χ3n) is 3.01. The minimum atomic E-state index is -4.38. The van der Waals surface area contributed by atoms with E-state index in [9.17, 15) is 18.4 Å². The minimum absolute atomic E-state index is 0.0122. The summed E-state index contributed by atoms with van der Waals surface area (Å²) in [4.78, 5) is 11.8. The number of ether oxygens (including phenoxy) is 2. The Morgan fingerprint density at radius 3 is 2.21 bits per heavy atom. The lowest BCUT2D eigenvalue weighted by Crippen LogP contribution is -2.30. The monoisotopic (exact) mass is 353 g/mol. The van der Waals surface area contributed by atoms with Gasteiger partial charge >= 0.3 is 16.0 Å². The predicted octanol–water partition coefficient (Wildman–Crippen LogP) is 1.86. The topological polar surface area (TPSA) is 102 Å². The second kappa shape index (κ2) is 7.30. The number of hydroxylamine groups is 2. The maximum Gasteiger partial charge on any atom is 0.319 e. The molecule has 0 atom stereocenters. The lowest BCUT2D eigenvalue weighted by atomic mass is 10.2. The first-order valence-corrected chi connectivity index (χ1v) is 8.04. The lowest BCUT2D eigenvalue weighted by molar-refractivity contribution is -0.232. The van der Waals surface area contributed by atoms with Gasteiger partial charge in [-0.2, -0.15) is 8.42 Å². The van der Waals surface area contributed by atoms with Crippen LogP contribution in [0.5, 0.6) is 11.5 Å². The molecule has 0 fully saturated rings. The van der Waals surface area contributed by atoms with E-state index in [1.54, 1.807) is 6.07 Å². The molecule has 0 heterocycles. The second-order valence-corrected chi connectivity index (χ2v) is 6.04. The Labute approximate surface area is 138 Å². The van der Waals surface area contributed by atoms with Crippen molar-refractivity contribution in [1.29, 1.82) is 0 Å². The van der Waals surface area contributed by atoms with Crippen LogP contribution in [-0.2, 0) is 14.4 Å². The highest BCUT2D eigenvalue weighted by atomic mass is 32.2. The lowest BCUT2D eigenvalue weighted by Gasteiger charge is -2.14. The number of hydrogen-bond acceptors (Lipinski definition) is 7. The van der Waals surface area contributed by atoms with Crippen LogP contribution in [0.1, 0.15) is 10.4 Å². The van der Waals surface area contributed by atoms with Gasteiger partial charge in [0.15, 0.2) is 0 Å². The molecular weight excluding hydrogens is 338 g/mol. The Kier molecular flexibility index (Phi) is 5.39. The Bertz CT molecular complexity index is 818. The zero-order valence-electron chi connectivity index (χ0n) is 12.9. The van der Waals surface area contributed by atoms with Crippen LogP contribution in [0, 0.1) is 0 Å². The zero-order chi connectivity index (χ0) is 17.7. The molecule has 0 saturated heterocycles. The molecule has 2 rings (SSSR count). The van der Waals surface area contributed by atoms with Crippen LogP contribution < -0.4 is 9.47 Å². The van der Waals surface area contributed by atoms with Crippen molar-refractivity contribution in [2.75, 3.05) is 14.2 Å².